The third-order valence-electron chi connectivity index (χ3n) is 4.61. The molecular formula is C20H37NO. The molecule has 2 nitrogen and oxygen atoms in total. The Hall–Kier alpha value is -0.790. The van der Waals surface area contributed by atoms with Crippen LogP contribution in [0.2, 0.25) is 0 Å². The molecule has 1 heterocycles. The van der Waals surface area contributed by atoms with Gasteiger partial charge in [-0.05, 0) is 38.5 Å². The van der Waals surface area contributed by atoms with Gasteiger partial charge in [-0.1, -0.05) is 64.0 Å². The second-order valence-corrected chi connectivity index (χ2v) is 6.72. The lowest BCUT2D eigenvalue weighted by Crippen LogP contribution is -2.27. The summed E-state index contributed by atoms with van der Waals surface area (Å²) >= 11 is 0. The molecule has 0 aromatic heterocycles. The standard InChI is InChI=1S/C20H37NO/c1-2-3-4-5-6-7-8-9-10-11-12-13-14-17-20(22)21-18-15-16-19-21/h5-6H,2-4,7-19H2,1H3/b6-5-. The molecule has 0 spiro atoms. The van der Waals surface area contributed by atoms with Crippen LogP contribution in [-0.2, 0) is 4.79 Å². The summed E-state index contributed by atoms with van der Waals surface area (Å²) in [7, 11) is 0. The third kappa shape index (κ3) is 10.0. The fraction of sp³-hybridized carbons (Fsp3) is 0.850. The number of allylic oxidation sites excluding steroid dienone is 2. The van der Waals surface area contributed by atoms with Gasteiger partial charge < -0.3 is 4.90 Å². The summed E-state index contributed by atoms with van der Waals surface area (Å²) < 4.78 is 0. The van der Waals surface area contributed by atoms with Gasteiger partial charge in [-0.3, -0.25) is 4.79 Å². The molecule has 0 aliphatic carbocycles. The van der Waals surface area contributed by atoms with Crippen molar-refractivity contribution in [3.8, 4) is 0 Å². The molecule has 0 bridgehead atoms. The lowest BCUT2D eigenvalue weighted by atomic mass is 10.1. The quantitative estimate of drug-likeness (QED) is 0.308. The van der Waals surface area contributed by atoms with Gasteiger partial charge in [-0.15, -0.1) is 0 Å². The highest BCUT2D eigenvalue weighted by Crippen LogP contribution is 2.13. The second kappa shape index (κ2) is 13.8. The number of likely N-dealkylation sites (tertiary alicyclic amines) is 1. The normalized spacial score (nSPS) is 15.0. The minimum atomic E-state index is 0.396. The van der Waals surface area contributed by atoms with Crippen LogP contribution in [0.3, 0.4) is 0 Å². The molecule has 0 aromatic carbocycles. The van der Waals surface area contributed by atoms with Crippen molar-refractivity contribution in [1.29, 1.82) is 0 Å². The number of amides is 1. The van der Waals surface area contributed by atoms with Crippen LogP contribution in [0.25, 0.3) is 0 Å². The SMILES string of the molecule is CCCC/C=C\CCCCCCCCCC(=O)N1CCCC1. The van der Waals surface area contributed by atoms with Gasteiger partial charge >= 0.3 is 0 Å². The maximum Gasteiger partial charge on any atom is 0.222 e. The van der Waals surface area contributed by atoms with Crippen LogP contribution in [0.1, 0.15) is 96.8 Å². The summed E-state index contributed by atoms with van der Waals surface area (Å²) in [5.41, 5.74) is 0. The Balaban J connectivity index is 1.78. The van der Waals surface area contributed by atoms with Crippen LogP contribution >= 0.6 is 0 Å². The Bertz CT molecular complexity index is 292. The first-order valence-electron chi connectivity index (χ1n) is 9.77. The monoisotopic (exact) mass is 307 g/mol. The molecule has 0 unspecified atom stereocenters. The molecular weight excluding hydrogens is 270 g/mol. The van der Waals surface area contributed by atoms with E-state index < -0.39 is 0 Å². The van der Waals surface area contributed by atoms with E-state index in [4.69, 9.17) is 0 Å². The van der Waals surface area contributed by atoms with Crippen molar-refractivity contribution in [2.75, 3.05) is 13.1 Å². The van der Waals surface area contributed by atoms with Crippen LogP contribution in [0.4, 0.5) is 0 Å². The number of carbonyl (C=O) groups excluding carboxylic acids is 1. The highest BCUT2D eigenvalue weighted by Gasteiger charge is 2.16. The molecule has 1 aliphatic rings. The van der Waals surface area contributed by atoms with E-state index in [0.29, 0.717) is 5.91 Å². The predicted octanol–water partition coefficient (Wildman–Crippen LogP) is 5.87. The van der Waals surface area contributed by atoms with E-state index in [0.717, 1.165) is 25.9 Å². The van der Waals surface area contributed by atoms with Crippen LogP contribution < -0.4 is 0 Å². The zero-order valence-corrected chi connectivity index (χ0v) is 14.8. The summed E-state index contributed by atoms with van der Waals surface area (Å²) in [6.45, 7) is 4.26. The van der Waals surface area contributed by atoms with E-state index in [1.807, 2.05) is 4.90 Å². The average Bonchev–Trinajstić information content (AvgIpc) is 3.06. The molecule has 0 aromatic rings. The summed E-state index contributed by atoms with van der Waals surface area (Å²) in [4.78, 5) is 13.9. The summed E-state index contributed by atoms with van der Waals surface area (Å²) in [5.74, 6) is 0.396. The first-order valence-corrected chi connectivity index (χ1v) is 9.77. The summed E-state index contributed by atoms with van der Waals surface area (Å²) in [6, 6.07) is 0. The largest absolute Gasteiger partial charge is 0.343 e. The van der Waals surface area contributed by atoms with Crippen molar-refractivity contribution < 1.29 is 4.79 Å². The van der Waals surface area contributed by atoms with Crippen molar-refractivity contribution in [3.63, 3.8) is 0 Å². The number of rotatable bonds is 13. The van der Waals surface area contributed by atoms with Crippen molar-refractivity contribution >= 4 is 5.91 Å². The van der Waals surface area contributed by atoms with Gasteiger partial charge in [0, 0.05) is 19.5 Å². The Labute approximate surface area is 138 Å². The summed E-state index contributed by atoms with van der Waals surface area (Å²) in [5, 5.41) is 0. The van der Waals surface area contributed by atoms with Gasteiger partial charge in [0.2, 0.25) is 5.91 Å². The molecule has 2 heteroatoms. The molecule has 128 valence electrons. The number of carbonyl (C=O) groups is 1. The Morgan fingerprint density at radius 1 is 0.818 bits per heavy atom. The molecule has 1 saturated heterocycles. The van der Waals surface area contributed by atoms with E-state index in [-0.39, 0.29) is 0 Å². The Morgan fingerprint density at radius 2 is 1.36 bits per heavy atom. The highest BCUT2D eigenvalue weighted by molar-refractivity contribution is 5.76. The third-order valence-corrected chi connectivity index (χ3v) is 4.61. The van der Waals surface area contributed by atoms with Crippen LogP contribution in [0.5, 0.6) is 0 Å². The highest BCUT2D eigenvalue weighted by atomic mass is 16.2. The van der Waals surface area contributed by atoms with Gasteiger partial charge in [0.15, 0.2) is 0 Å². The van der Waals surface area contributed by atoms with Gasteiger partial charge in [-0.2, -0.15) is 0 Å². The van der Waals surface area contributed by atoms with Gasteiger partial charge in [0.1, 0.15) is 0 Å². The van der Waals surface area contributed by atoms with Gasteiger partial charge in [0.05, 0.1) is 0 Å². The first kappa shape index (κ1) is 19.3. The molecule has 22 heavy (non-hydrogen) atoms. The summed E-state index contributed by atoms with van der Waals surface area (Å²) in [6.07, 6.45) is 22.1. The van der Waals surface area contributed by atoms with E-state index in [2.05, 4.69) is 19.1 Å². The zero-order valence-electron chi connectivity index (χ0n) is 14.8. The number of unbranched alkanes of at least 4 members (excludes halogenated alkanes) is 9. The first-order chi connectivity index (χ1) is 10.8. The number of nitrogens with zero attached hydrogens (tertiary/aromatic N) is 1. The molecule has 0 saturated carbocycles. The molecule has 0 radical (unpaired) electrons. The van der Waals surface area contributed by atoms with E-state index in [9.17, 15) is 4.79 Å². The van der Waals surface area contributed by atoms with Crippen molar-refractivity contribution in [2.45, 2.75) is 96.8 Å². The molecule has 1 amide bonds. The van der Waals surface area contributed by atoms with Crippen molar-refractivity contribution in [2.24, 2.45) is 0 Å². The van der Waals surface area contributed by atoms with Crippen LogP contribution in [0.15, 0.2) is 12.2 Å². The van der Waals surface area contributed by atoms with Crippen molar-refractivity contribution in [1.82, 2.24) is 4.90 Å². The topological polar surface area (TPSA) is 20.3 Å². The zero-order chi connectivity index (χ0) is 15.9. The minimum Gasteiger partial charge on any atom is -0.343 e. The number of hydrogen-bond donors (Lipinski definition) is 0. The molecule has 0 atom stereocenters. The van der Waals surface area contributed by atoms with Crippen molar-refractivity contribution in [3.05, 3.63) is 12.2 Å². The molecule has 1 fully saturated rings. The maximum absolute atomic E-state index is 11.9. The Morgan fingerprint density at radius 3 is 2.00 bits per heavy atom. The van der Waals surface area contributed by atoms with Crippen LogP contribution in [0, 0.1) is 0 Å². The molecule has 1 aliphatic heterocycles. The second-order valence-electron chi connectivity index (χ2n) is 6.72. The van der Waals surface area contributed by atoms with E-state index in [1.54, 1.807) is 0 Å². The fourth-order valence-electron chi connectivity index (χ4n) is 3.10. The maximum atomic E-state index is 11.9. The number of hydrogen-bond acceptors (Lipinski definition) is 1. The minimum absolute atomic E-state index is 0.396. The lowest BCUT2D eigenvalue weighted by molar-refractivity contribution is -0.130. The smallest absolute Gasteiger partial charge is 0.222 e. The van der Waals surface area contributed by atoms with E-state index in [1.165, 1.54) is 77.0 Å². The average molecular weight is 308 g/mol. The molecule has 0 N–H and O–H groups in total. The fourth-order valence-corrected chi connectivity index (χ4v) is 3.10. The predicted molar refractivity (Wildman–Crippen MR) is 96.0 cm³/mol. The molecule has 1 rings (SSSR count). The van der Waals surface area contributed by atoms with E-state index >= 15 is 0 Å². The lowest BCUT2D eigenvalue weighted by Gasteiger charge is -2.14. The van der Waals surface area contributed by atoms with Crippen LogP contribution in [-0.4, -0.2) is 23.9 Å². The Kier molecular flexibility index (Phi) is 12.1. The van der Waals surface area contributed by atoms with Gasteiger partial charge in [0.25, 0.3) is 0 Å². The van der Waals surface area contributed by atoms with Gasteiger partial charge in [-0.25, -0.2) is 0 Å².